The SMILES string of the molecule is CCN(CCOCCO)c1ccc(I)cc1N. The summed E-state index contributed by atoms with van der Waals surface area (Å²) in [4.78, 5) is 2.17. The Hall–Kier alpha value is -0.530. The van der Waals surface area contributed by atoms with Crippen LogP contribution in [0.1, 0.15) is 6.92 Å². The van der Waals surface area contributed by atoms with Crippen molar-refractivity contribution in [3.05, 3.63) is 21.8 Å². The molecule has 0 unspecified atom stereocenters. The summed E-state index contributed by atoms with van der Waals surface area (Å²) in [6.45, 7) is 4.80. The largest absolute Gasteiger partial charge is 0.397 e. The molecule has 3 N–H and O–H groups in total. The first-order valence-electron chi connectivity index (χ1n) is 5.67. The molecule has 0 aromatic heterocycles. The van der Waals surface area contributed by atoms with Gasteiger partial charge in [0.05, 0.1) is 31.2 Å². The molecule has 0 radical (unpaired) electrons. The molecule has 1 rings (SSSR count). The van der Waals surface area contributed by atoms with Crippen LogP contribution in [-0.4, -0.2) is 38.0 Å². The molecular formula is C12H19IN2O2. The number of hydrogen-bond donors (Lipinski definition) is 2. The van der Waals surface area contributed by atoms with E-state index in [0.717, 1.165) is 28.0 Å². The lowest BCUT2D eigenvalue weighted by atomic mass is 10.2. The van der Waals surface area contributed by atoms with Crippen molar-refractivity contribution in [2.45, 2.75) is 6.92 Å². The topological polar surface area (TPSA) is 58.7 Å². The van der Waals surface area contributed by atoms with Gasteiger partial charge in [-0.15, -0.1) is 0 Å². The van der Waals surface area contributed by atoms with Crippen LogP contribution in [-0.2, 0) is 4.74 Å². The number of ether oxygens (including phenoxy) is 1. The number of nitrogens with two attached hydrogens (primary N) is 1. The monoisotopic (exact) mass is 350 g/mol. The molecule has 0 bridgehead atoms. The van der Waals surface area contributed by atoms with Crippen molar-refractivity contribution in [2.75, 3.05) is 43.5 Å². The third-order valence-corrected chi connectivity index (χ3v) is 3.12. The summed E-state index contributed by atoms with van der Waals surface area (Å²) in [5.41, 5.74) is 7.84. The van der Waals surface area contributed by atoms with Crippen LogP contribution in [0.3, 0.4) is 0 Å². The second-order valence-electron chi connectivity index (χ2n) is 3.62. The summed E-state index contributed by atoms with van der Waals surface area (Å²) in [7, 11) is 0. The van der Waals surface area contributed by atoms with Crippen LogP contribution in [0.2, 0.25) is 0 Å². The van der Waals surface area contributed by atoms with Crippen LogP contribution in [0.5, 0.6) is 0 Å². The van der Waals surface area contributed by atoms with Crippen molar-refractivity contribution in [1.82, 2.24) is 0 Å². The Balaban J connectivity index is 2.59. The van der Waals surface area contributed by atoms with Gasteiger partial charge in [0.15, 0.2) is 0 Å². The molecule has 1 aromatic carbocycles. The second kappa shape index (κ2) is 7.73. The summed E-state index contributed by atoms with van der Waals surface area (Å²) in [5, 5.41) is 8.62. The molecule has 5 heteroatoms. The van der Waals surface area contributed by atoms with Crippen LogP contribution >= 0.6 is 22.6 Å². The molecule has 0 amide bonds. The van der Waals surface area contributed by atoms with Crippen LogP contribution in [0.15, 0.2) is 18.2 Å². The fourth-order valence-corrected chi connectivity index (χ4v) is 2.12. The van der Waals surface area contributed by atoms with E-state index >= 15 is 0 Å². The molecule has 0 spiro atoms. The summed E-state index contributed by atoms with van der Waals surface area (Å²) in [5.74, 6) is 0. The number of benzene rings is 1. The van der Waals surface area contributed by atoms with Crippen LogP contribution in [0, 0.1) is 3.57 Å². The number of halogens is 1. The van der Waals surface area contributed by atoms with Crippen LogP contribution < -0.4 is 10.6 Å². The minimum Gasteiger partial charge on any atom is -0.397 e. The van der Waals surface area contributed by atoms with Crippen molar-refractivity contribution in [3.63, 3.8) is 0 Å². The van der Waals surface area contributed by atoms with Gasteiger partial charge in [0, 0.05) is 16.7 Å². The molecule has 0 aliphatic heterocycles. The molecule has 96 valence electrons. The van der Waals surface area contributed by atoms with Gasteiger partial charge >= 0.3 is 0 Å². The van der Waals surface area contributed by atoms with Crippen molar-refractivity contribution in [1.29, 1.82) is 0 Å². The minimum absolute atomic E-state index is 0.0673. The summed E-state index contributed by atoms with van der Waals surface area (Å²) in [6, 6.07) is 6.04. The highest BCUT2D eigenvalue weighted by molar-refractivity contribution is 14.1. The van der Waals surface area contributed by atoms with Crippen LogP contribution in [0.4, 0.5) is 11.4 Å². The first-order chi connectivity index (χ1) is 8.19. The van der Waals surface area contributed by atoms with Gasteiger partial charge in [0.1, 0.15) is 0 Å². The van der Waals surface area contributed by atoms with Gasteiger partial charge in [-0.2, -0.15) is 0 Å². The molecule has 0 aliphatic carbocycles. The highest BCUT2D eigenvalue weighted by atomic mass is 127. The lowest BCUT2D eigenvalue weighted by Gasteiger charge is -2.24. The molecule has 1 aromatic rings. The number of nitrogen functional groups attached to an aromatic ring is 1. The van der Waals surface area contributed by atoms with E-state index in [2.05, 4.69) is 34.4 Å². The zero-order valence-electron chi connectivity index (χ0n) is 10.0. The number of aliphatic hydroxyl groups excluding tert-OH is 1. The Bertz CT molecular complexity index is 347. The van der Waals surface area contributed by atoms with E-state index in [9.17, 15) is 0 Å². The first-order valence-corrected chi connectivity index (χ1v) is 6.75. The molecule has 0 atom stereocenters. The van der Waals surface area contributed by atoms with E-state index in [1.54, 1.807) is 0 Å². The molecule has 17 heavy (non-hydrogen) atoms. The van der Waals surface area contributed by atoms with E-state index in [1.807, 2.05) is 18.2 Å². The van der Waals surface area contributed by atoms with Crippen molar-refractivity contribution >= 4 is 34.0 Å². The lowest BCUT2D eigenvalue weighted by Crippen LogP contribution is -2.28. The molecule has 0 fully saturated rings. The molecule has 0 saturated heterocycles. The minimum atomic E-state index is 0.0673. The van der Waals surface area contributed by atoms with Gasteiger partial charge in [0.25, 0.3) is 0 Å². The van der Waals surface area contributed by atoms with Gasteiger partial charge in [-0.1, -0.05) is 0 Å². The van der Waals surface area contributed by atoms with Crippen molar-refractivity contribution < 1.29 is 9.84 Å². The lowest BCUT2D eigenvalue weighted by molar-refractivity contribution is 0.0967. The number of rotatable bonds is 7. The number of nitrogens with zero attached hydrogens (tertiary/aromatic N) is 1. The molecular weight excluding hydrogens is 331 g/mol. The normalized spacial score (nSPS) is 10.5. The number of anilines is 2. The van der Waals surface area contributed by atoms with E-state index in [4.69, 9.17) is 15.6 Å². The third-order valence-electron chi connectivity index (χ3n) is 2.45. The van der Waals surface area contributed by atoms with E-state index in [0.29, 0.717) is 13.2 Å². The van der Waals surface area contributed by atoms with Gasteiger partial charge < -0.3 is 20.5 Å². The quantitative estimate of drug-likeness (QED) is 0.447. The predicted octanol–water partition coefficient (Wildman–Crippen LogP) is 1.71. The standard InChI is InChI=1S/C12H19IN2O2/c1-2-15(5-7-17-8-6-16)12-4-3-10(13)9-11(12)14/h3-4,9,16H,2,5-8,14H2,1H3. The Morgan fingerprint density at radius 1 is 1.41 bits per heavy atom. The van der Waals surface area contributed by atoms with Crippen molar-refractivity contribution in [3.8, 4) is 0 Å². The van der Waals surface area contributed by atoms with Gasteiger partial charge in [-0.25, -0.2) is 0 Å². The molecule has 0 aliphatic rings. The fraction of sp³-hybridized carbons (Fsp3) is 0.500. The number of aliphatic hydroxyl groups is 1. The summed E-state index contributed by atoms with van der Waals surface area (Å²) < 4.78 is 6.40. The summed E-state index contributed by atoms with van der Waals surface area (Å²) >= 11 is 2.25. The summed E-state index contributed by atoms with van der Waals surface area (Å²) in [6.07, 6.45) is 0. The van der Waals surface area contributed by atoms with Crippen molar-refractivity contribution in [2.24, 2.45) is 0 Å². The Labute approximate surface area is 116 Å². The highest BCUT2D eigenvalue weighted by Gasteiger charge is 2.07. The maximum atomic E-state index is 8.62. The zero-order valence-corrected chi connectivity index (χ0v) is 12.2. The Kier molecular flexibility index (Phi) is 6.61. The average Bonchev–Trinajstić information content (AvgIpc) is 2.31. The Morgan fingerprint density at radius 3 is 2.76 bits per heavy atom. The highest BCUT2D eigenvalue weighted by Crippen LogP contribution is 2.24. The second-order valence-corrected chi connectivity index (χ2v) is 4.86. The first kappa shape index (κ1) is 14.5. The van der Waals surface area contributed by atoms with E-state index < -0.39 is 0 Å². The smallest absolute Gasteiger partial charge is 0.0698 e. The van der Waals surface area contributed by atoms with E-state index in [-0.39, 0.29) is 6.61 Å². The molecule has 0 heterocycles. The van der Waals surface area contributed by atoms with Gasteiger partial charge in [-0.3, -0.25) is 0 Å². The number of likely N-dealkylation sites (N-methyl/N-ethyl adjacent to an activating group) is 1. The van der Waals surface area contributed by atoms with Crippen LogP contribution in [0.25, 0.3) is 0 Å². The Morgan fingerprint density at radius 2 is 2.18 bits per heavy atom. The fourth-order valence-electron chi connectivity index (χ4n) is 1.60. The maximum Gasteiger partial charge on any atom is 0.0698 e. The predicted molar refractivity (Wildman–Crippen MR) is 79.4 cm³/mol. The average molecular weight is 350 g/mol. The maximum absolute atomic E-state index is 8.62. The third kappa shape index (κ3) is 4.69. The van der Waals surface area contributed by atoms with E-state index in [1.165, 1.54) is 0 Å². The van der Waals surface area contributed by atoms with Gasteiger partial charge in [-0.05, 0) is 47.7 Å². The zero-order chi connectivity index (χ0) is 12.7. The molecule has 4 nitrogen and oxygen atoms in total. The van der Waals surface area contributed by atoms with Gasteiger partial charge in [0.2, 0.25) is 0 Å². The molecule has 0 saturated carbocycles. The number of hydrogen-bond acceptors (Lipinski definition) is 4.